The first-order valence-corrected chi connectivity index (χ1v) is 21.8. The maximum atomic E-state index is 4.76. The van der Waals surface area contributed by atoms with E-state index in [0.29, 0.717) is 0 Å². The number of fused-ring (bicyclic) bond motifs is 3. The average Bonchev–Trinajstić information content (AvgIpc) is 3.76. The first-order chi connectivity index (χ1) is 23.8. The maximum absolute atomic E-state index is 4.76. The van der Waals surface area contributed by atoms with Crippen LogP contribution in [0.1, 0.15) is 48.1 Å². The summed E-state index contributed by atoms with van der Waals surface area (Å²) in [6.45, 7) is 9.19. The van der Waals surface area contributed by atoms with Gasteiger partial charge in [0.1, 0.15) is 0 Å². The molecule has 4 aromatic heterocycles. The van der Waals surface area contributed by atoms with Gasteiger partial charge in [-0.2, -0.15) is 11.3 Å². The maximum Gasteiger partial charge on any atom is 0.0799 e. The summed E-state index contributed by atoms with van der Waals surface area (Å²) in [5, 5.41) is 2.66. The summed E-state index contributed by atoms with van der Waals surface area (Å²) in [4.78, 5) is 14.1. The molecule has 1 aliphatic carbocycles. The Morgan fingerprint density at radius 1 is 0.780 bits per heavy atom. The first kappa shape index (κ1) is 36.0. The van der Waals surface area contributed by atoms with E-state index in [1.165, 1.54) is 68.8 Å². The molecule has 1 saturated carbocycles. The second-order valence-corrected chi connectivity index (χ2v) is 20.5. The molecule has 0 saturated heterocycles. The molecule has 0 atom stereocenters. The summed E-state index contributed by atoms with van der Waals surface area (Å²) in [6, 6.07) is 40.7. The second kappa shape index (κ2) is 16.0. The van der Waals surface area contributed by atoms with Gasteiger partial charge in [0.15, 0.2) is 0 Å². The van der Waals surface area contributed by atoms with Gasteiger partial charge in [-0.25, -0.2) is 0 Å². The molecule has 1 aliphatic rings. The average molecular weight is 866 g/mol. The Labute approximate surface area is 315 Å². The largest absolute Gasteiger partial charge is 0.305 e. The van der Waals surface area contributed by atoms with E-state index in [1.54, 1.807) is 11.3 Å². The van der Waals surface area contributed by atoms with Crippen molar-refractivity contribution in [3.8, 4) is 22.5 Å². The van der Waals surface area contributed by atoms with Crippen LogP contribution in [0.5, 0.6) is 0 Å². The van der Waals surface area contributed by atoms with Crippen LogP contribution in [0.4, 0.5) is 0 Å². The summed E-state index contributed by atoms with van der Waals surface area (Å²) in [5.41, 5.74) is 10.5. The zero-order chi connectivity index (χ0) is 33.8. The molecule has 7 aromatic rings. The molecule has 0 amide bonds. The van der Waals surface area contributed by atoms with Crippen LogP contribution in [0.25, 0.3) is 42.8 Å². The van der Waals surface area contributed by atoms with Crippen LogP contribution < -0.4 is 5.19 Å². The molecule has 0 N–H and O–H groups in total. The molecule has 1 radical (unpaired) electrons. The summed E-state index contributed by atoms with van der Waals surface area (Å²) in [6.07, 6.45) is 11.7. The van der Waals surface area contributed by atoms with Crippen molar-refractivity contribution in [3.05, 3.63) is 144 Å². The van der Waals surface area contributed by atoms with Gasteiger partial charge in [-0.1, -0.05) is 104 Å². The third-order valence-corrected chi connectivity index (χ3v) is 12.7. The molecule has 3 nitrogen and oxygen atoms in total. The smallest absolute Gasteiger partial charge is 0.0799 e. The summed E-state index contributed by atoms with van der Waals surface area (Å²) >= 11 is 1.78. The predicted molar refractivity (Wildman–Crippen MR) is 210 cm³/mol. The van der Waals surface area contributed by atoms with Crippen LogP contribution in [0.3, 0.4) is 0 Å². The number of hydrogen-bond acceptors (Lipinski definition) is 4. The van der Waals surface area contributed by atoms with E-state index in [2.05, 4.69) is 122 Å². The van der Waals surface area contributed by atoms with E-state index < -0.39 is 8.07 Å². The Balaban J connectivity index is 0.000000171. The molecule has 3 aromatic carbocycles. The van der Waals surface area contributed by atoms with Crippen molar-refractivity contribution in [1.29, 1.82) is 0 Å². The zero-order valence-corrected chi connectivity index (χ0v) is 33.5. The van der Waals surface area contributed by atoms with Gasteiger partial charge in [-0.05, 0) is 70.7 Å². The van der Waals surface area contributed by atoms with Gasteiger partial charge in [0.05, 0.1) is 13.6 Å². The third kappa shape index (κ3) is 8.55. The molecule has 0 spiro atoms. The van der Waals surface area contributed by atoms with Crippen LogP contribution in [0.15, 0.2) is 109 Å². The van der Waals surface area contributed by atoms with Gasteiger partial charge in [0, 0.05) is 42.9 Å². The fourth-order valence-electron chi connectivity index (χ4n) is 6.96. The van der Waals surface area contributed by atoms with E-state index in [0.717, 1.165) is 46.1 Å². The number of aryl methyl sites for hydroxylation is 1. The second-order valence-electron chi connectivity index (χ2n) is 14.3. The molecule has 0 unspecified atom stereocenters. The Morgan fingerprint density at radius 3 is 2.32 bits per heavy atom. The molecule has 0 bridgehead atoms. The fraction of sp³-hybridized carbons (Fsp3) is 0.250. The first-order valence-electron chi connectivity index (χ1n) is 17.5. The molecule has 50 heavy (non-hydrogen) atoms. The van der Waals surface area contributed by atoms with E-state index in [1.807, 2.05) is 31.3 Å². The molecule has 4 heterocycles. The minimum absolute atomic E-state index is 0. The quantitative estimate of drug-likeness (QED) is 0.118. The normalized spacial score (nSPS) is 13.2. The monoisotopic (exact) mass is 866 g/mol. The van der Waals surface area contributed by atoms with E-state index in [-0.39, 0.29) is 20.1 Å². The number of rotatable bonds is 7. The van der Waals surface area contributed by atoms with Crippen LogP contribution >= 0.6 is 11.3 Å². The van der Waals surface area contributed by atoms with Crippen molar-refractivity contribution in [1.82, 2.24) is 15.0 Å². The number of aromatic nitrogens is 3. The number of hydrogen-bond donors (Lipinski definition) is 0. The molecular formula is C44H43IrN3SSi-2. The fourth-order valence-corrected chi connectivity index (χ4v) is 9.55. The molecule has 255 valence electrons. The van der Waals surface area contributed by atoms with Gasteiger partial charge in [-0.15, -0.1) is 59.7 Å². The summed E-state index contributed by atoms with van der Waals surface area (Å²) in [5.74, 6) is 0.852. The molecular weight excluding hydrogens is 823 g/mol. The molecule has 0 aliphatic heterocycles. The van der Waals surface area contributed by atoms with Crippen molar-refractivity contribution < 1.29 is 20.1 Å². The third-order valence-electron chi connectivity index (χ3n) is 9.50. The number of benzene rings is 3. The van der Waals surface area contributed by atoms with E-state index >= 15 is 0 Å². The van der Waals surface area contributed by atoms with Gasteiger partial charge in [0.25, 0.3) is 0 Å². The Kier molecular flexibility index (Phi) is 11.5. The minimum atomic E-state index is -1.43. The molecule has 1 fully saturated rings. The number of pyridine rings is 3. The van der Waals surface area contributed by atoms with Gasteiger partial charge < -0.3 is 9.97 Å². The number of thiophene rings is 1. The zero-order valence-electron chi connectivity index (χ0n) is 29.3. The Bertz CT molecular complexity index is 2190. The van der Waals surface area contributed by atoms with Crippen LogP contribution in [0, 0.1) is 25.0 Å². The van der Waals surface area contributed by atoms with Crippen LogP contribution in [-0.2, 0) is 32.9 Å². The number of nitrogens with zero attached hydrogens (tertiary/aromatic N) is 3. The molecule has 6 heteroatoms. The predicted octanol–water partition coefficient (Wildman–Crippen LogP) is 11.0. The van der Waals surface area contributed by atoms with Crippen LogP contribution in [0.2, 0.25) is 19.6 Å². The Morgan fingerprint density at radius 2 is 1.56 bits per heavy atom. The molecule has 8 rings (SSSR count). The van der Waals surface area contributed by atoms with Gasteiger partial charge >= 0.3 is 0 Å². The minimum Gasteiger partial charge on any atom is -0.305 e. The van der Waals surface area contributed by atoms with Crippen molar-refractivity contribution in [2.24, 2.45) is 5.92 Å². The van der Waals surface area contributed by atoms with Crippen molar-refractivity contribution in [2.75, 3.05) is 0 Å². The standard InChI is InChI=1S/C23H21N2S.C21H22NSi.Ir/c1-15-6-8-22-23(25-15)19-14-18(7-9-21(19)26-22)20-13-17(10-11-24-20)12-16-4-2-3-5-16;1-23(2,3)21-16-22-20(18-12-8-5-9-13-18)15-19(21)14-17-10-6-4-7-11-17;/h6,8-11,13-14,16H,2-5,12H2,1H3;4-12,15-16H,14H2,1-3H3;/q2*-1;. The van der Waals surface area contributed by atoms with Crippen molar-refractivity contribution >= 4 is 44.9 Å². The summed E-state index contributed by atoms with van der Waals surface area (Å²) < 4.78 is 2.48. The van der Waals surface area contributed by atoms with Crippen molar-refractivity contribution in [3.63, 3.8) is 0 Å². The van der Waals surface area contributed by atoms with Crippen LogP contribution in [-0.4, -0.2) is 23.0 Å². The van der Waals surface area contributed by atoms with E-state index in [9.17, 15) is 0 Å². The van der Waals surface area contributed by atoms with Gasteiger partial charge in [-0.3, -0.25) is 4.98 Å². The Hall–Kier alpha value is -3.80. The summed E-state index contributed by atoms with van der Waals surface area (Å²) in [7, 11) is -1.43. The topological polar surface area (TPSA) is 38.7 Å². The van der Waals surface area contributed by atoms with Crippen molar-refractivity contribution in [2.45, 2.75) is 65.1 Å². The van der Waals surface area contributed by atoms with Gasteiger partial charge in [0.2, 0.25) is 0 Å². The SMILES string of the molecule is C[Si](C)(C)c1cnc(-c2[c-]cccc2)cc1Cc1ccccc1.Cc1ccc2sc3c[c-]c(-c4cc(CC5CCCC5)ccn4)cc3c2n1.[Ir]. The van der Waals surface area contributed by atoms with E-state index in [4.69, 9.17) is 9.97 Å².